The molecule has 10 nitrogen and oxygen atoms in total. The van der Waals surface area contributed by atoms with E-state index in [9.17, 15) is 14.9 Å². The summed E-state index contributed by atoms with van der Waals surface area (Å²) in [5.41, 5.74) is 12.8. The predicted molar refractivity (Wildman–Crippen MR) is 77.9 cm³/mol. The van der Waals surface area contributed by atoms with Crippen molar-refractivity contribution in [2.45, 2.75) is 37.8 Å². The smallest absolute Gasteiger partial charge is 0.251 e. The molecule has 10 heteroatoms. The van der Waals surface area contributed by atoms with E-state index in [1.165, 1.54) is 0 Å². The lowest BCUT2D eigenvalue weighted by atomic mass is 10.1. The van der Waals surface area contributed by atoms with E-state index in [-0.39, 0.29) is 24.5 Å². The van der Waals surface area contributed by atoms with Gasteiger partial charge in [-0.2, -0.15) is 0 Å². The molecule has 0 aromatic rings. The van der Waals surface area contributed by atoms with Crippen molar-refractivity contribution in [1.82, 2.24) is 16.1 Å². The number of carbonyl (C=O) groups is 1. The highest BCUT2D eigenvalue weighted by atomic mass is 16.7. The SMILES string of the molecule is NC(=NCCC[C@H](N)C(=O)N[C@H]1CCCNC1)N[N+](=O)[O-]. The number of aliphatic imine (C=N–C) groups is 1. The van der Waals surface area contributed by atoms with E-state index in [4.69, 9.17) is 11.5 Å². The summed E-state index contributed by atoms with van der Waals surface area (Å²) in [5, 5.41) is 15.4. The highest BCUT2D eigenvalue weighted by Crippen LogP contribution is 2.02. The summed E-state index contributed by atoms with van der Waals surface area (Å²) in [6.07, 6.45) is 2.97. The highest BCUT2D eigenvalue weighted by molar-refractivity contribution is 5.81. The first-order valence-corrected chi connectivity index (χ1v) is 6.96. The molecule has 1 aliphatic rings. The number of hydrogen-bond donors (Lipinski definition) is 5. The number of nitrogens with zero attached hydrogens (tertiary/aromatic N) is 2. The largest absolute Gasteiger partial charge is 0.365 e. The first-order valence-electron chi connectivity index (χ1n) is 6.96. The number of hydrogen-bond acceptors (Lipinski definition) is 6. The van der Waals surface area contributed by atoms with E-state index in [1.807, 2.05) is 0 Å². The zero-order valence-corrected chi connectivity index (χ0v) is 11.9. The van der Waals surface area contributed by atoms with Crippen LogP contribution in [0.5, 0.6) is 0 Å². The molecule has 0 aromatic carbocycles. The standard InChI is InChI=1S/C11H23N7O3/c12-9(4-2-6-15-11(13)17-18(20)21)10(19)16-8-3-1-5-14-7-8/h8-9,14H,1-7,12H2,(H,16,19)(H3,13,15,17)/t8-,9-/m0/s1. The van der Waals surface area contributed by atoms with Crippen LogP contribution in [0, 0.1) is 10.1 Å². The molecule has 21 heavy (non-hydrogen) atoms. The Morgan fingerprint density at radius 2 is 2.33 bits per heavy atom. The van der Waals surface area contributed by atoms with Crippen LogP contribution in [0.4, 0.5) is 0 Å². The average Bonchev–Trinajstić information content (AvgIpc) is 2.43. The molecule has 0 unspecified atom stereocenters. The van der Waals surface area contributed by atoms with Gasteiger partial charge in [-0.25, -0.2) is 15.1 Å². The van der Waals surface area contributed by atoms with E-state index in [0.717, 1.165) is 25.9 Å². The van der Waals surface area contributed by atoms with E-state index >= 15 is 0 Å². The maximum atomic E-state index is 11.9. The Bertz CT molecular complexity index is 382. The fourth-order valence-electron chi connectivity index (χ4n) is 2.05. The van der Waals surface area contributed by atoms with Crippen LogP contribution in [-0.4, -0.2) is 48.6 Å². The molecule has 0 saturated carbocycles. The number of amides is 1. The third-order valence-electron chi connectivity index (χ3n) is 3.14. The van der Waals surface area contributed by atoms with Crippen molar-refractivity contribution in [3.8, 4) is 0 Å². The second kappa shape index (κ2) is 9.08. The van der Waals surface area contributed by atoms with Crippen molar-refractivity contribution in [2.75, 3.05) is 19.6 Å². The van der Waals surface area contributed by atoms with Crippen molar-refractivity contribution >= 4 is 11.9 Å². The van der Waals surface area contributed by atoms with E-state index in [1.54, 1.807) is 5.43 Å². The Kier molecular flexibility index (Phi) is 7.40. The van der Waals surface area contributed by atoms with E-state index in [0.29, 0.717) is 12.8 Å². The Morgan fingerprint density at radius 3 is 2.95 bits per heavy atom. The van der Waals surface area contributed by atoms with Crippen LogP contribution in [0.15, 0.2) is 4.99 Å². The lowest BCUT2D eigenvalue weighted by Gasteiger charge is -2.25. The van der Waals surface area contributed by atoms with Gasteiger partial charge >= 0.3 is 0 Å². The summed E-state index contributed by atoms with van der Waals surface area (Å²) in [4.78, 5) is 25.7. The Morgan fingerprint density at radius 1 is 1.57 bits per heavy atom. The molecular formula is C11H23N7O3. The van der Waals surface area contributed by atoms with Crippen LogP contribution in [0.3, 0.4) is 0 Å². The number of nitrogens with two attached hydrogens (primary N) is 2. The quantitative estimate of drug-likeness (QED) is 0.120. The fourth-order valence-corrected chi connectivity index (χ4v) is 2.05. The molecule has 1 rings (SSSR count). The molecule has 1 aliphatic heterocycles. The van der Waals surface area contributed by atoms with E-state index < -0.39 is 11.1 Å². The number of guanidine groups is 1. The van der Waals surface area contributed by atoms with Crippen LogP contribution in [-0.2, 0) is 4.79 Å². The molecular weight excluding hydrogens is 278 g/mol. The number of nitro groups is 1. The molecule has 0 aromatic heterocycles. The number of carbonyl (C=O) groups excluding carboxylic acids is 1. The lowest BCUT2D eigenvalue weighted by molar-refractivity contribution is -0.525. The minimum absolute atomic E-state index is 0.134. The van der Waals surface area contributed by atoms with Crippen LogP contribution in [0.25, 0.3) is 0 Å². The van der Waals surface area contributed by atoms with Crippen molar-refractivity contribution in [3.63, 3.8) is 0 Å². The van der Waals surface area contributed by atoms with Crippen molar-refractivity contribution in [3.05, 3.63) is 10.1 Å². The summed E-state index contributed by atoms with van der Waals surface area (Å²) >= 11 is 0. The van der Waals surface area contributed by atoms with Gasteiger partial charge < -0.3 is 22.1 Å². The van der Waals surface area contributed by atoms with Gasteiger partial charge in [0.2, 0.25) is 5.91 Å². The normalized spacial score (nSPS) is 20.6. The van der Waals surface area contributed by atoms with Gasteiger partial charge in [-0.15, -0.1) is 0 Å². The molecule has 2 atom stereocenters. The fraction of sp³-hybridized carbons (Fsp3) is 0.818. The number of nitrogens with one attached hydrogen (secondary N) is 3. The maximum absolute atomic E-state index is 11.9. The van der Waals surface area contributed by atoms with Gasteiger partial charge in [0.1, 0.15) is 0 Å². The Balaban J connectivity index is 2.18. The van der Waals surface area contributed by atoms with Crippen LogP contribution in [0.2, 0.25) is 0 Å². The van der Waals surface area contributed by atoms with Gasteiger partial charge in [0.25, 0.3) is 5.96 Å². The number of piperidine rings is 1. The minimum Gasteiger partial charge on any atom is -0.365 e. The van der Waals surface area contributed by atoms with Crippen molar-refractivity contribution < 1.29 is 9.83 Å². The van der Waals surface area contributed by atoms with Gasteiger partial charge in [-0.1, -0.05) is 5.43 Å². The van der Waals surface area contributed by atoms with Crippen molar-refractivity contribution in [2.24, 2.45) is 16.5 Å². The molecule has 1 amide bonds. The van der Waals surface area contributed by atoms with Crippen molar-refractivity contribution in [1.29, 1.82) is 0 Å². The van der Waals surface area contributed by atoms with Crippen LogP contribution >= 0.6 is 0 Å². The monoisotopic (exact) mass is 301 g/mol. The third-order valence-corrected chi connectivity index (χ3v) is 3.14. The molecule has 1 fully saturated rings. The zero-order chi connectivity index (χ0) is 15.7. The summed E-state index contributed by atoms with van der Waals surface area (Å²) in [7, 11) is 0. The topological polar surface area (TPSA) is 161 Å². The first-order chi connectivity index (χ1) is 9.99. The molecule has 120 valence electrons. The zero-order valence-electron chi connectivity index (χ0n) is 11.9. The Hall–Kier alpha value is -1.94. The molecule has 7 N–H and O–H groups in total. The van der Waals surface area contributed by atoms with Gasteiger partial charge in [0, 0.05) is 19.1 Å². The lowest BCUT2D eigenvalue weighted by Crippen LogP contribution is -2.50. The highest BCUT2D eigenvalue weighted by Gasteiger charge is 2.19. The summed E-state index contributed by atoms with van der Waals surface area (Å²) < 4.78 is 0. The summed E-state index contributed by atoms with van der Waals surface area (Å²) in [6, 6.07) is -0.470. The van der Waals surface area contributed by atoms with Gasteiger partial charge in [0.15, 0.2) is 5.03 Å². The van der Waals surface area contributed by atoms with Crippen LogP contribution in [0.1, 0.15) is 25.7 Å². The second-order valence-corrected chi connectivity index (χ2v) is 4.94. The second-order valence-electron chi connectivity index (χ2n) is 4.94. The maximum Gasteiger partial charge on any atom is 0.251 e. The predicted octanol–water partition coefficient (Wildman–Crippen LogP) is -1.94. The molecule has 1 saturated heterocycles. The molecule has 0 spiro atoms. The van der Waals surface area contributed by atoms with Crippen LogP contribution < -0.4 is 27.5 Å². The number of rotatable bonds is 7. The summed E-state index contributed by atoms with van der Waals surface area (Å²) in [6.45, 7) is 2.03. The average molecular weight is 301 g/mol. The molecule has 0 radical (unpaired) electrons. The molecule has 0 bridgehead atoms. The van der Waals surface area contributed by atoms with Gasteiger partial charge in [-0.05, 0) is 32.2 Å². The molecule has 0 aliphatic carbocycles. The third kappa shape index (κ3) is 7.42. The van der Waals surface area contributed by atoms with E-state index in [2.05, 4.69) is 15.6 Å². The van der Waals surface area contributed by atoms with Gasteiger partial charge in [-0.3, -0.25) is 4.79 Å². The Labute approximate surface area is 122 Å². The van der Waals surface area contributed by atoms with Gasteiger partial charge in [0.05, 0.1) is 6.04 Å². The summed E-state index contributed by atoms with van der Waals surface area (Å²) in [5.74, 6) is -0.435. The first kappa shape index (κ1) is 17.1. The minimum atomic E-state index is -0.782. The number of hydrazine groups is 1. The molecule has 1 heterocycles.